The quantitative estimate of drug-likeness (QED) is 0.896. The fourth-order valence-electron chi connectivity index (χ4n) is 3.58. The van der Waals surface area contributed by atoms with Crippen LogP contribution in [0.1, 0.15) is 25.7 Å². The van der Waals surface area contributed by atoms with Gasteiger partial charge in [-0.3, -0.25) is 9.69 Å². The van der Waals surface area contributed by atoms with Gasteiger partial charge in [0.05, 0.1) is 17.3 Å². The van der Waals surface area contributed by atoms with Crippen LogP contribution in [0.5, 0.6) is 0 Å². The first kappa shape index (κ1) is 15.8. The van der Waals surface area contributed by atoms with Crippen molar-refractivity contribution in [3.8, 4) is 0 Å². The normalized spacial score (nSPS) is 23.6. The number of hydrogen-bond donors (Lipinski definition) is 2. The number of nitrogens with zero attached hydrogens (tertiary/aromatic N) is 1. The third-order valence-corrected chi connectivity index (χ3v) is 5.14. The van der Waals surface area contributed by atoms with E-state index in [0.717, 1.165) is 19.0 Å². The van der Waals surface area contributed by atoms with Gasteiger partial charge in [0.15, 0.2) is 0 Å². The molecule has 1 atom stereocenters. The lowest BCUT2D eigenvalue weighted by Crippen LogP contribution is -2.43. The van der Waals surface area contributed by atoms with Crippen molar-refractivity contribution in [3.05, 3.63) is 29.3 Å². The van der Waals surface area contributed by atoms with Crippen molar-refractivity contribution in [1.82, 2.24) is 10.2 Å². The Hall–Kier alpha value is -1.10. The molecule has 4 nitrogen and oxygen atoms in total. The van der Waals surface area contributed by atoms with Crippen molar-refractivity contribution in [2.45, 2.75) is 31.7 Å². The summed E-state index contributed by atoms with van der Waals surface area (Å²) in [6.07, 6.45) is 5.01. The van der Waals surface area contributed by atoms with E-state index in [1.807, 2.05) is 18.2 Å². The molecule has 3 rings (SSSR count). The highest BCUT2D eigenvalue weighted by molar-refractivity contribution is 6.33. The minimum atomic E-state index is 0.0190. The Labute approximate surface area is 137 Å². The molecule has 1 aromatic rings. The number of halogens is 1. The lowest BCUT2D eigenvalue weighted by atomic mass is 9.88. The largest absolute Gasteiger partial charge is 0.324 e. The van der Waals surface area contributed by atoms with Gasteiger partial charge < -0.3 is 10.6 Å². The first-order valence-corrected chi connectivity index (χ1v) is 8.60. The summed E-state index contributed by atoms with van der Waals surface area (Å²) >= 11 is 6.07. The topological polar surface area (TPSA) is 44.4 Å². The van der Waals surface area contributed by atoms with E-state index < -0.39 is 0 Å². The van der Waals surface area contributed by atoms with Crippen LogP contribution in [0, 0.1) is 5.92 Å². The van der Waals surface area contributed by atoms with Crippen molar-refractivity contribution in [2.24, 2.45) is 5.92 Å². The number of anilines is 1. The monoisotopic (exact) mass is 321 g/mol. The number of benzene rings is 1. The van der Waals surface area contributed by atoms with E-state index in [1.165, 1.54) is 32.2 Å². The molecular formula is C17H24ClN3O. The summed E-state index contributed by atoms with van der Waals surface area (Å²) in [5.41, 5.74) is 0.694. The summed E-state index contributed by atoms with van der Waals surface area (Å²) < 4.78 is 0. The number of hydrogen-bond acceptors (Lipinski definition) is 3. The lowest BCUT2D eigenvalue weighted by Gasteiger charge is -2.34. The van der Waals surface area contributed by atoms with Crippen molar-refractivity contribution < 1.29 is 4.79 Å². The van der Waals surface area contributed by atoms with Gasteiger partial charge in [0, 0.05) is 6.04 Å². The maximum atomic E-state index is 12.1. The molecule has 0 spiro atoms. The molecule has 2 saturated heterocycles. The number of piperidine rings is 1. The Kier molecular flexibility index (Phi) is 5.34. The van der Waals surface area contributed by atoms with E-state index in [-0.39, 0.29) is 5.91 Å². The molecular weight excluding hydrogens is 298 g/mol. The van der Waals surface area contributed by atoms with Gasteiger partial charge in [-0.05, 0) is 63.4 Å². The van der Waals surface area contributed by atoms with Crippen molar-refractivity contribution >= 4 is 23.2 Å². The molecule has 22 heavy (non-hydrogen) atoms. The first-order chi connectivity index (χ1) is 10.7. The fraction of sp³-hybridized carbons (Fsp3) is 0.588. The molecule has 1 aromatic carbocycles. The van der Waals surface area contributed by atoms with Crippen LogP contribution in [-0.2, 0) is 4.79 Å². The Bertz CT molecular complexity index is 508. The number of rotatable bonds is 4. The van der Waals surface area contributed by atoms with Crippen LogP contribution >= 0.6 is 11.6 Å². The zero-order chi connectivity index (χ0) is 15.4. The van der Waals surface area contributed by atoms with Crippen LogP contribution in [0.4, 0.5) is 5.69 Å². The molecule has 1 amide bonds. The van der Waals surface area contributed by atoms with Gasteiger partial charge in [0.25, 0.3) is 0 Å². The summed E-state index contributed by atoms with van der Waals surface area (Å²) in [6, 6.07) is 8.07. The summed E-state index contributed by atoms with van der Waals surface area (Å²) in [4.78, 5) is 14.4. The van der Waals surface area contributed by atoms with E-state index in [2.05, 4.69) is 15.5 Å². The molecule has 120 valence electrons. The first-order valence-electron chi connectivity index (χ1n) is 8.22. The van der Waals surface area contributed by atoms with Crippen LogP contribution in [0.2, 0.25) is 5.02 Å². The van der Waals surface area contributed by atoms with Gasteiger partial charge in [-0.1, -0.05) is 23.7 Å². The molecule has 0 bridgehead atoms. The standard InChI is InChI=1S/C17H24ClN3O/c18-14-4-1-2-5-16(14)20-17(22)12-21-10-7-13(8-11-21)15-6-3-9-19-15/h1-2,4-5,13,15,19H,3,6-12H2,(H,20,22). The van der Waals surface area contributed by atoms with Gasteiger partial charge in [-0.2, -0.15) is 0 Å². The van der Waals surface area contributed by atoms with E-state index in [4.69, 9.17) is 11.6 Å². The number of likely N-dealkylation sites (tertiary alicyclic amines) is 1. The molecule has 2 aliphatic rings. The zero-order valence-corrected chi connectivity index (χ0v) is 13.6. The molecule has 2 fully saturated rings. The van der Waals surface area contributed by atoms with Crippen LogP contribution in [-0.4, -0.2) is 43.0 Å². The number of amides is 1. The van der Waals surface area contributed by atoms with Gasteiger partial charge in [0.2, 0.25) is 5.91 Å². The summed E-state index contributed by atoms with van der Waals surface area (Å²) in [5, 5.41) is 7.09. The van der Waals surface area contributed by atoms with Crippen LogP contribution < -0.4 is 10.6 Å². The maximum absolute atomic E-state index is 12.1. The zero-order valence-electron chi connectivity index (χ0n) is 12.9. The summed E-state index contributed by atoms with van der Waals surface area (Å²) in [5.74, 6) is 0.802. The summed E-state index contributed by atoms with van der Waals surface area (Å²) in [6.45, 7) is 3.65. The molecule has 5 heteroatoms. The smallest absolute Gasteiger partial charge is 0.238 e. The van der Waals surface area contributed by atoms with Crippen molar-refractivity contribution in [1.29, 1.82) is 0 Å². The maximum Gasteiger partial charge on any atom is 0.238 e. The highest BCUT2D eigenvalue weighted by atomic mass is 35.5. The van der Waals surface area contributed by atoms with E-state index in [1.54, 1.807) is 6.07 Å². The SMILES string of the molecule is O=C(CN1CCC(C2CCCN2)CC1)Nc1ccccc1Cl. The Morgan fingerprint density at radius 2 is 2.05 bits per heavy atom. The second-order valence-corrected chi connectivity index (χ2v) is 6.75. The minimum Gasteiger partial charge on any atom is -0.324 e. The van der Waals surface area contributed by atoms with Crippen LogP contribution in [0.25, 0.3) is 0 Å². The molecule has 0 radical (unpaired) electrons. The van der Waals surface area contributed by atoms with E-state index in [0.29, 0.717) is 23.3 Å². The molecule has 1 unspecified atom stereocenters. The summed E-state index contributed by atoms with van der Waals surface area (Å²) in [7, 11) is 0. The average molecular weight is 322 g/mol. The number of para-hydroxylation sites is 1. The fourth-order valence-corrected chi connectivity index (χ4v) is 3.77. The molecule has 0 aromatic heterocycles. The van der Waals surface area contributed by atoms with E-state index >= 15 is 0 Å². The Balaban J connectivity index is 1.44. The Morgan fingerprint density at radius 1 is 1.27 bits per heavy atom. The van der Waals surface area contributed by atoms with Crippen molar-refractivity contribution in [3.63, 3.8) is 0 Å². The molecule has 0 aliphatic carbocycles. The average Bonchev–Trinajstić information content (AvgIpc) is 3.05. The highest BCUT2D eigenvalue weighted by Crippen LogP contribution is 2.25. The highest BCUT2D eigenvalue weighted by Gasteiger charge is 2.28. The lowest BCUT2D eigenvalue weighted by molar-refractivity contribution is -0.117. The predicted octanol–water partition coefficient (Wildman–Crippen LogP) is 2.74. The third-order valence-electron chi connectivity index (χ3n) is 4.81. The minimum absolute atomic E-state index is 0.0190. The van der Waals surface area contributed by atoms with Gasteiger partial charge in [-0.15, -0.1) is 0 Å². The molecule has 2 aliphatic heterocycles. The van der Waals surface area contributed by atoms with Crippen LogP contribution in [0.3, 0.4) is 0 Å². The van der Waals surface area contributed by atoms with Gasteiger partial charge in [0.1, 0.15) is 0 Å². The third kappa shape index (κ3) is 4.00. The number of nitrogens with one attached hydrogen (secondary N) is 2. The number of carbonyl (C=O) groups is 1. The van der Waals surface area contributed by atoms with Gasteiger partial charge >= 0.3 is 0 Å². The number of carbonyl (C=O) groups excluding carboxylic acids is 1. The Morgan fingerprint density at radius 3 is 2.73 bits per heavy atom. The van der Waals surface area contributed by atoms with Crippen LogP contribution in [0.15, 0.2) is 24.3 Å². The predicted molar refractivity (Wildman–Crippen MR) is 90.3 cm³/mol. The molecule has 2 N–H and O–H groups in total. The van der Waals surface area contributed by atoms with Crippen molar-refractivity contribution in [2.75, 3.05) is 31.5 Å². The second kappa shape index (κ2) is 7.44. The molecule has 2 heterocycles. The second-order valence-electron chi connectivity index (χ2n) is 6.34. The van der Waals surface area contributed by atoms with E-state index in [9.17, 15) is 4.79 Å². The molecule has 0 saturated carbocycles. The van der Waals surface area contributed by atoms with Gasteiger partial charge in [-0.25, -0.2) is 0 Å².